The molecule has 0 aliphatic heterocycles. The fraction of sp³-hybridized carbons (Fsp3) is 0.312. The first-order valence-electron chi connectivity index (χ1n) is 6.76. The molecule has 5 heteroatoms. The monoisotopic (exact) mass is 304 g/mol. The summed E-state index contributed by atoms with van der Waals surface area (Å²) in [5.74, 6) is 0.571. The SMILES string of the molecule is CSCC(C)(O)CNC(=O)Nc1cccc2ccccc12. The molecule has 4 nitrogen and oxygen atoms in total. The van der Waals surface area contributed by atoms with Gasteiger partial charge in [-0.05, 0) is 24.6 Å². The Labute approximate surface area is 128 Å². The smallest absolute Gasteiger partial charge is 0.319 e. The van der Waals surface area contributed by atoms with E-state index in [9.17, 15) is 9.90 Å². The summed E-state index contributed by atoms with van der Waals surface area (Å²) in [4.78, 5) is 12.0. The second-order valence-electron chi connectivity index (χ2n) is 5.26. The van der Waals surface area contributed by atoms with Gasteiger partial charge in [-0.3, -0.25) is 0 Å². The van der Waals surface area contributed by atoms with Crippen molar-refractivity contribution >= 4 is 34.3 Å². The van der Waals surface area contributed by atoms with Gasteiger partial charge in [0.25, 0.3) is 0 Å². The predicted octanol–water partition coefficient (Wildman–Crippen LogP) is 3.08. The molecule has 0 heterocycles. The van der Waals surface area contributed by atoms with Gasteiger partial charge in [0, 0.05) is 17.7 Å². The number of hydrogen-bond donors (Lipinski definition) is 3. The maximum Gasteiger partial charge on any atom is 0.319 e. The Balaban J connectivity index is 2.02. The number of rotatable bonds is 5. The minimum atomic E-state index is -0.907. The molecule has 2 amide bonds. The van der Waals surface area contributed by atoms with Crippen LogP contribution in [0.2, 0.25) is 0 Å². The van der Waals surface area contributed by atoms with Crippen molar-refractivity contribution < 1.29 is 9.90 Å². The number of fused-ring (bicyclic) bond motifs is 1. The summed E-state index contributed by atoms with van der Waals surface area (Å²) in [6, 6.07) is 13.3. The highest BCUT2D eigenvalue weighted by Crippen LogP contribution is 2.22. The van der Waals surface area contributed by atoms with E-state index in [1.165, 1.54) is 0 Å². The van der Waals surface area contributed by atoms with Crippen molar-refractivity contribution in [3.8, 4) is 0 Å². The number of aliphatic hydroxyl groups is 1. The molecular formula is C16H20N2O2S. The Morgan fingerprint density at radius 2 is 1.95 bits per heavy atom. The van der Waals surface area contributed by atoms with E-state index in [2.05, 4.69) is 10.6 Å². The first kappa shape index (κ1) is 15.7. The zero-order valence-electron chi connectivity index (χ0n) is 12.2. The molecule has 0 spiro atoms. The quantitative estimate of drug-likeness (QED) is 0.795. The lowest BCUT2D eigenvalue weighted by molar-refractivity contribution is 0.0876. The van der Waals surface area contributed by atoms with E-state index >= 15 is 0 Å². The van der Waals surface area contributed by atoms with Crippen LogP contribution in [0.25, 0.3) is 10.8 Å². The van der Waals surface area contributed by atoms with Crippen LogP contribution in [0.4, 0.5) is 10.5 Å². The second-order valence-corrected chi connectivity index (χ2v) is 6.13. The van der Waals surface area contributed by atoms with Crippen LogP contribution >= 0.6 is 11.8 Å². The van der Waals surface area contributed by atoms with Gasteiger partial charge in [-0.2, -0.15) is 11.8 Å². The molecule has 2 aromatic carbocycles. The van der Waals surface area contributed by atoms with Gasteiger partial charge in [0.15, 0.2) is 0 Å². The number of hydrogen-bond acceptors (Lipinski definition) is 3. The first-order chi connectivity index (χ1) is 10.0. The number of amides is 2. The van der Waals surface area contributed by atoms with Crippen LogP contribution in [-0.4, -0.2) is 35.3 Å². The third-order valence-corrected chi connectivity index (χ3v) is 4.03. The molecule has 2 aromatic rings. The van der Waals surface area contributed by atoms with E-state index in [-0.39, 0.29) is 12.6 Å². The van der Waals surface area contributed by atoms with Gasteiger partial charge in [-0.1, -0.05) is 36.4 Å². The van der Waals surface area contributed by atoms with Crippen molar-refractivity contribution in [3.05, 3.63) is 42.5 Å². The molecule has 112 valence electrons. The Bertz CT molecular complexity index is 623. The summed E-state index contributed by atoms with van der Waals surface area (Å²) in [5.41, 5.74) is -0.148. The maximum absolute atomic E-state index is 12.0. The van der Waals surface area contributed by atoms with E-state index < -0.39 is 5.60 Å². The minimum Gasteiger partial charge on any atom is -0.387 e. The predicted molar refractivity (Wildman–Crippen MR) is 90.0 cm³/mol. The number of nitrogens with one attached hydrogen (secondary N) is 2. The van der Waals surface area contributed by atoms with Gasteiger partial charge in [0.1, 0.15) is 0 Å². The minimum absolute atomic E-state index is 0.213. The highest BCUT2D eigenvalue weighted by Gasteiger charge is 2.20. The molecule has 0 fully saturated rings. The van der Waals surface area contributed by atoms with Gasteiger partial charge in [-0.15, -0.1) is 0 Å². The topological polar surface area (TPSA) is 61.4 Å². The normalized spacial score (nSPS) is 13.7. The van der Waals surface area contributed by atoms with E-state index in [0.29, 0.717) is 5.75 Å². The lowest BCUT2D eigenvalue weighted by Gasteiger charge is -2.22. The summed E-state index contributed by atoms with van der Waals surface area (Å²) in [5, 5.41) is 17.6. The molecule has 3 N–H and O–H groups in total. The molecule has 0 aliphatic rings. The van der Waals surface area contributed by atoms with E-state index in [1.54, 1.807) is 18.7 Å². The Morgan fingerprint density at radius 1 is 1.24 bits per heavy atom. The molecule has 0 bridgehead atoms. The summed E-state index contributed by atoms with van der Waals surface area (Å²) in [6.45, 7) is 1.92. The first-order valence-corrected chi connectivity index (χ1v) is 8.15. The van der Waals surface area contributed by atoms with Crippen LogP contribution in [0, 0.1) is 0 Å². The summed E-state index contributed by atoms with van der Waals surface area (Å²) >= 11 is 1.54. The van der Waals surface area contributed by atoms with E-state index in [4.69, 9.17) is 0 Å². The Morgan fingerprint density at radius 3 is 2.71 bits per heavy atom. The van der Waals surface area contributed by atoms with Gasteiger partial charge in [-0.25, -0.2) is 4.79 Å². The largest absolute Gasteiger partial charge is 0.387 e. The molecular weight excluding hydrogens is 284 g/mol. The number of anilines is 1. The van der Waals surface area contributed by atoms with Crippen LogP contribution in [0.15, 0.2) is 42.5 Å². The van der Waals surface area contributed by atoms with Gasteiger partial charge >= 0.3 is 6.03 Å². The molecule has 0 aromatic heterocycles. The van der Waals surface area contributed by atoms with Crippen molar-refractivity contribution in [2.24, 2.45) is 0 Å². The summed E-state index contributed by atoms with van der Waals surface area (Å²) < 4.78 is 0. The van der Waals surface area contributed by atoms with Crippen molar-refractivity contribution in [2.45, 2.75) is 12.5 Å². The molecule has 2 rings (SSSR count). The standard InChI is InChI=1S/C16H20N2O2S/c1-16(20,11-21-2)10-17-15(19)18-14-9-5-7-12-6-3-4-8-13(12)14/h3-9,20H,10-11H2,1-2H3,(H2,17,18,19). The number of urea groups is 1. The molecule has 21 heavy (non-hydrogen) atoms. The van der Waals surface area contributed by atoms with Crippen molar-refractivity contribution in [1.29, 1.82) is 0 Å². The third-order valence-electron chi connectivity index (χ3n) is 3.12. The summed E-state index contributed by atoms with van der Waals surface area (Å²) in [6.07, 6.45) is 1.92. The van der Waals surface area contributed by atoms with Crippen LogP contribution in [-0.2, 0) is 0 Å². The van der Waals surface area contributed by atoms with Crippen LogP contribution in [0.3, 0.4) is 0 Å². The van der Waals surface area contributed by atoms with Gasteiger partial charge in [0.2, 0.25) is 0 Å². The highest BCUT2D eigenvalue weighted by atomic mass is 32.2. The average molecular weight is 304 g/mol. The molecule has 0 saturated heterocycles. The van der Waals surface area contributed by atoms with Crippen LogP contribution in [0.1, 0.15) is 6.92 Å². The van der Waals surface area contributed by atoms with Crippen molar-refractivity contribution in [3.63, 3.8) is 0 Å². The van der Waals surface area contributed by atoms with Gasteiger partial charge < -0.3 is 15.7 Å². The fourth-order valence-corrected chi connectivity index (χ4v) is 2.86. The Kier molecular flexibility index (Phi) is 5.09. The van der Waals surface area contributed by atoms with E-state index in [1.807, 2.05) is 48.7 Å². The molecule has 1 unspecified atom stereocenters. The van der Waals surface area contributed by atoms with Crippen LogP contribution < -0.4 is 10.6 Å². The van der Waals surface area contributed by atoms with Crippen LogP contribution in [0.5, 0.6) is 0 Å². The van der Waals surface area contributed by atoms with Crippen molar-refractivity contribution in [2.75, 3.05) is 23.9 Å². The number of benzene rings is 2. The molecule has 0 aliphatic carbocycles. The lowest BCUT2D eigenvalue weighted by Crippen LogP contribution is -2.43. The highest BCUT2D eigenvalue weighted by molar-refractivity contribution is 7.98. The number of carbonyl (C=O) groups is 1. The maximum atomic E-state index is 12.0. The number of thioether (sulfide) groups is 1. The fourth-order valence-electron chi connectivity index (χ4n) is 2.13. The second kappa shape index (κ2) is 6.83. The summed E-state index contributed by atoms with van der Waals surface area (Å²) in [7, 11) is 0. The third kappa shape index (κ3) is 4.37. The van der Waals surface area contributed by atoms with Crippen molar-refractivity contribution in [1.82, 2.24) is 5.32 Å². The van der Waals surface area contributed by atoms with E-state index in [0.717, 1.165) is 16.5 Å². The molecule has 0 radical (unpaired) electrons. The zero-order chi connectivity index (χ0) is 15.3. The average Bonchev–Trinajstić information content (AvgIpc) is 2.46. The molecule has 0 saturated carbocycles. The molecule has 1 atom stereocenters. The zero-order valence-corrected chi connectivity index (χ0v) is 13.0. The van der Waals surface area contributed by atoms with Gasteiger partial charge in [0.05, 0.1) is 11.3 Å². The lowest BCUT2D eigenvalue weighted by atomic mass is 10.1. The Hall–Kier alpha value is -1.72. The number of carbonyl (C=O) groups excluding carboxylic acids is 1.